The maximum absolute atomic E-state index is 14.1. The summed E-state index contributed by atoms with van der Waals surface area (Å²) in [5, 5.41) is 9.49. The second-order valence-electron chi connectivity index (χ2n) is 8.83. The molecule has 2 N–H and O–H groups in total. The van der Waals surface area contributed by atoms with Crippen molar-refractivity contribution in [2.45, 2.75) is 6.92 Å². The van der Waals surface area contributed by atoms with Gasteiger partial charge in [-0.3, -0.25) is 20.1 Å². The van der Waals surface area contributed by atoms with Gasteiger partial charge in [-0.1, -0.05) is 0 Å². The SMILES string of the molecule is Cc1cc(F)cc(-c2nccc3[nH]c(-c4n[nH]c5cnc(-c6cncc(N(C)C)c6)cc45)cc23)c1. The van der Waals surface area contributed by atoms with Gasteiger partial charge in [0.2, 0.25) is 0 Å². The van der Waals surface area contributed by atoms with E-state index in [0.29, 0.717) is 0 Å². The molecule has 6 aromatic rings. The van der Waals surface area contributed by atoms with Crippen molar-refractivity contribution in [2.75, 3.05) is 19.0 Å². The summed E-state index contributed by atoms with van der Waals surface area (Å²) in [6, 6.07) is 13.0. The monoisotopic (exact) mass is 463 g/mol. The topological polar surface area (TPSA) is 86.4 Å². The molecule has 0 bridgehead atoms. The number of aromatic amines is 2. The average molecular weight is 464 g/mol. The van der Waals surface area contributed by atoms with Crippen LogP contribution >= 0.6 is 0 Å². The van der Waals surface area contributed by atoms with E-state index in [-0.39, 0.29) is 5.82 Å². The highest BCUT2D eigenvalue weighted by Gasteiger charge is 2.16. The predicted octanol–water partition coefficient (Wildman–Crippen LogP) is 5.74. The smallest absolute Gasteiger partial charge is 0.124 e. The predicted molar refractivity (Wildman–Crippen MR) is 137 cm³/mol. The molecular weight excluding hydrogens is 441 g/mol. The largest absolute Gasteiger partial charge is 0.376 e. The molecule has 0 aliphatic rings. The van der Waals surface area contributed by atoms with E-state index in [2.05, 4.69) is 36.2 Å². The number of hydrogen-bond donors (Lipinski definition) is 2. The average Bonchev–Trinajstić information content (AvgIpc) is 3.47. The Bertz CT molecular complexity index is 1690. The zero-order valence-electron chi connectivity index (χ0n) is 19.5. The molecule has 0 spiro atoms. The molecule has 5 heterocycles. The molecule has 7 nitrogen and oxygen atoms in total. The van der Waals surface area contributed by atoms with Crippen LogP contribution in [-0.4, -0.2) is 44.2 Å². The maximum atomic E-state index is 14.1. The Morgan fingerprint density at radius 1 is 0.829 bits per heavy atom. The van der Waals surface area contributed by atoms with Crippen LogP contribution in [0, 0.1) is 12.7 Å². The first kappa shape index (κ1) is 21.0. The summed E-state index contributed by atoms with van der Waals surface area (Å²) in [6.07, 6.45) is 7.15. The summed E-state index contributed by atoms with van der Waals surface area (Å²) in [5.41, 5.74) is 8.40. The van der Waals surface area contributed by atoms with Gasteiger partial charge in [0, 0.05) is 53.9 Å². The Morgan fingerprint density at radius 3 is 2.51 bits per heavy atom. The lowest BCUT2D eigenvalue weighted by Crippen LogP contribution is -2.08. The first-order valence-electron chi connectivity index (χ1n) is 11.2. The second kappa shape index (κ2) is 8.02. The Morgan fingerprint density at radius 2 is 1.69 bits per heavy atom. The Labute approximate surface area is 200 Å². The van der Waals surface area contributed by atoms with Crippen LogP contribution in [0.1, 0.15) is 5.56 Å². The normalized spacial score (nSPS) is 11.4. The summed E-state index contributed by atoms with van der Waals surface area (Å²) >= 11 is 0. The number of fused-ring (bicyclic) bond motifs is 2. The van der Waals surface area contributed by atoms with Crippen LogP contribution in [0.3, 0.4) is 0 Å². The zero-order valence-corrected chi connectivity index (χ0v) is 19.5. The lowest BCUT2D eigenvalue weighted by molar-refractivity contribution is 0.627. The van der Waals surface area contributed by atoms with Crippen molar-refractivity contribution in [3.63, 3.8) is 0 Å². The van der Waals surface area contributed by atoms with Crippen LogP contribution in [0.2, 0.25) is 0 Å². The van der Waals surface area contributed by atoms with E-state index in [4.69, 9.17) is 0 Å². The van der Waals surface area contributed by atoms with E-state index in [0.717, 1.165) is 67.0 Å². The van der Waals surface area contributed by atoms with Gasteiger partial charge >= 0.3 is 0 Å². The minimum Gasteiger partial charge on any atom is -0.376 e. The zero-order chi connectivity index (χ0) is 24.1. The Balaban J connectivity index is 1.48. The molecule has 0 aliphatic carbocycles. The molecule has 0 unspecified atom stereocenters. The highest BCUT2D eigenvalue weighted by atomic mass is 19.1. The van der Waals surface area contributed by atoms with Gasteiger partial charge in [0.15, 0.2) is 0 Å². The number of H-pyrrole nitrogens is 2. The fraction of sp³-hybridized carbons (Fsp3) is 0.111. The third-order valence-electron chi connectivity index (χ3n) is 6.10. The summed E-state index contributed by atoms with van der Waals surface area (Å²) in [6.45, 7) is 1.88. The van der Waals surface area contributed by atoms with Crippen molar-refractivity contribution in [3.8, 4) is 33.9 Å². The van der Waals surface area contributed by atoms with Crippen molar-refractivity contribution in [2.24, 2.45) is 0 Å². The van der Waals surface area contributed by atoms with Gasteiger partial charge in [-0.05, 0) is 55.0 Å². The maximum Gasteiger partial charge on any atom is 0.124 e. The number of aryl methyl sites for hydroxylation is 1. The number of hydrogen-bond acceptors (Lipinski definition) is 5. The standard InChI is InChI=1S/C27H22FN7/c1-15-6-16(8-18(28)7-15)26-20-11-24(32-22(20)4-5-30-26)27-21-10-23(31-14-25(21)33-34-27)17-9-19(35(2)3)13-29-12-17/h4-14,32H,1-3H3,(H,33,34). The van der Waals surface area contributed by atoms with Gasteiger partial charge in [-0.25, -0.2) is 4.39 Å². The van der Waals surface area contributed by atoms with Crippen molar-refractivity contribution < 1.29 is 4.39 Å². The molecule has 0 atom stereocenters. The number of nitrogens with zero attached hydrogens (tertiary/aromatic N) is 5. The lowest BCUT2D eigenvalue weighted by atomic mass is 10.0. The molecule has 6 rings (SSSR count). The highest BCUT2D eigenvalue weighted by molar-refractivity contribution is 6.00. The van der Waals surface area contributed by atoms with E-state index < -0.39 is 0 Å². The lowest BCUT2D eigenvalue weighted by Gasteiger charge is -2.12. The third-order valence-corrected chi connectivity index (χ3v) is 6.10. The number of benzene rings is 1. The molecule has 0 saturated carbocycles. The minimum atomic E-state index is -0.277. The first-order chi connectivity index (χ1) is 17.0. The fourth-order valence-electron chi connectivity index (χ4n) is 4.38. The number of aromatic nitrogens is 6. The summed E-state index contributed by atoms with van der Waals surface area (Å²) in [5.74, 6) is -0.277. The van der Waals surface area contributed by atoms with Crippen LogP contribution in [0.15, 0.2) is 67.3 Å². The van der Waals surface area contributed by atoms with Gasteiger partial charge < -0.3 is 9.88 Å². The van der Waals surface area contributed by atoms with Crippen molar-refractivity contribution in [1.82, 2.24) is 30.1 Å². The molecule has 1 aromatic carbocycles. The van der Waals surface area contributed by atoms with Crippen LogP contribution in [0.25, 0.3) is 55.7 Å². The van der Waals surface area contributed by atoms with Crippen LogP contribution in [0.4, 0.5) is 10.1 Å². The van der Waals surface area contributed by atoms with Crippen molar-refractivity contribution in [1.29, 1.82) is 0 Å². The summed E-state index contributed by atoms with van der Waals surface area (Å²) < 4.78 is 14.1. The van der Waals surface area contributed by atoms with Gasteiger partial charge in [-0.15, -0.1) is 0 Å². The van der Waals surface area contributed by atoms with Gasteiger partial charge in [0.05, 0.1) is 40.7 Å². The molecule has 0 saturated heterocycles. The highest BCUT2D eigenvalue weighted by Crippen LogP contribution is 2.34. The van der Waals surface area contributed by atoms with Crippen molar-refractivity contribution >= 4 is 27.5 Å². The van der Waals surface area contributed by atoms with Crippen LogP contribution in [0.5, 0.6) is 0 Å². The fourth-order valence-corrected chi connectivity index (χ4v) is 4.38. The quantitative estimate of drug-likeness (QED) is 0.348. The minimum absolute atomic E-state index is 0.277. The second-order valence-corrected chi connectivity index (χ2v) is 8.83. The number of anilines is 1. The summed E-state index contributed by atoms with van der Waals surface area (Å²) in [4.78, 5) is 19.0. The van der Waals surface area contributed by atoms with Crippen LogP contribution in [-0.2, 0) is 0 Å². The Hall–Kier alpha value is -4.59. The molecular formula is C27H22FN7. The summed E-state index contributed by atoms with van der Waals surface area (Å²) in [7, 11) is 3.96. The molecule has 35 heavy (non-hydrogen) atoms. The number of nitrogens with one attached hydrogen (secondary N) is 2. The van der Waals surface area contributed by atoms with E-state index in [9.17, 15) is 4.39 Å². The molecule has 0 amide bonds. The number of rotatable bonds is 4. The molecule has 5 aromatic heterocycles. The van der Waals surface area contributed by atoms with Gasteiger partial charge in [0.1, 0.15) is 11.5 Å². The molecule has 8 heteroatoms. The van der Waals surface area contributed by atoms with E-state index in [1.54, 1.807) is 12.4 Å². The molecule has 0 radical (unpaired) electrons. The van der Waals surface area contributed by atoms with E-state index in [1.807, 2.05) is 62.6 Å². The van der Waals surface area contributed by atoms with Gasteiger partial charge in [0.25, 0.3) is 0 Å². The molecule has 172 valence electrons. The first-order valence-corrected chi connectivity index (χ1v) is 11.2. The number of halogens is 1. The molecule has 0 fully saturated rings. The van der Waals surface area contributed by atoms with Crippen molar-refractivity contribution in [3.05, 3.63) is 78.6 Å². The van der Waals surface area contributed by atoms with Crippen LogP contribution < -0.4 is 4.90 Å². The number of pyridine rings is 3. The molecule has 0 aliphatic heterocycles. The Kier molecular flexibility index (Phi) is 4.81. The van der Waals surface area contributed by atoms with E-state index in [1.165, 1.54) is 12.1 Å². The van der Waals surface area contributed by atoms with E-state index >= 15 is 0 Å². The third kappa shape index (κ3) is 3.69. The van der Waals surface area contributed by atoms with Gasteiger partial charge in [-0.2, -0.15) is 5.10 Å².